The molecule has 170 valence electrons. The molecule has 0 unspecified atom stereocenters. The topological polar surface area (TPSA) is 34.1 Å². The van der Waals surface area contributed by atoms with Crippen molar-refractivity contribution in [3.05, 3.63) is 95.0 Å². The van der Waals surface area contributed by atoms with E-state index in [1.165, 1.54) is 0 Å². The van der Waals surface area contributed by atoms with Gasteiger partial charge in [0.2, 0.25) is 0 Å². The van der Waals surface area contributed by atoms with Gasteiger partial charge in [0.1, 0.15) is 11.6 Å². The summed E-state index contributed by atoms with van der Waals surface area (Å²) >= 11 is 12.1. The molecule has 0 aliphatic carbocycles. The fraction of sp³-hybridized carbons (Fsp3) is 0.357. The molecule has 0 saturated heterocycles. The molecule has 0 aliphatic rings. The van der Waals surface area contributed by atoms with Crippen molar-refractivity contribution in [3.8, 4) is 0 Å². The molecule has 2 nitrogen and oxygen atoms in total. The van der Waals surface area contributed by atoms with Crippen LogP contribution in [0, 0.1) is 11.8 Å². The van der Waals surface area contributed by atoms with Crippen LogP contribution in [-0.2, 0) is 9.59 Å². The van der Waals surface area contributed by atoms with E-state index < -0.39 is 0 Å². The quantitative estimate of drug-likeness (QED) is 0.276. The molecule has 32 heavy (non-hydrogen) atoms. The van der Waals surface area contributed by atoms with Gasteiger partial charge in [-0.25, -0.2) is 0 Å². The van der Waals surface area contributed by atoms with Gasteiger partial charge in [0.25, 0.3) is 0 Å². The number of hydrogen-bond acceptors (Lipinski definition) is 2. The third-order valence-corrected chi connectivity index (χ3v) is 6.59. The number of carbonyl (C=O) groups excluding carboxylic acids is 2. The summed E-state index contributed by atoms with van der Waals surface area (Å²) in [4.78, 5) is 24.1. The standard InChI is InChI=1S/C28H32Cl2O2/c1-5-21(27(17-19(3)31)23-9-13-25(29)14-10-23)7-8-22(6-2)28(18-20(4)32)24-11-15-26(30)16-12-24/h5-6,9-16,21-22,27-28H,1-2,7-8,17-18H2,3-4H3/t21-,22+,27+,28-. The van der Waals surface area contributed by atoms with Crippen molar-refractivity contribution in [3.63, 3.8) is 0 Å². The maximum Gasteiger partial charge on any atom is 0.130 e. The fourth-order valence-corrected chi connectivity index (χ4v) is 4.68. The zero-order valence-electron chi connectivity index (χ0n) is 18.9. The molecule has 0 heterocycles. The molecular weight excluding hydrogens is 439 g/mol. The summed E-state index contributed by atoms with van der Waals surface area (Å²) in [7, 11) is 0. The lowest BCUT2D eigenvalue weighted by atomic mass is 9.75. The number of ketones is 2. The lowest BCUT2D eigenvalue weighted by Gasteiger charge is -2.29. The van der Waals surface area contributed by atoms with Crippen LogP contribution in [0.3, 0.4) is 0 Å². The third-order valence-electron chi connectivity index (χ3n) is 6.08. The Balaban J connectivity index is 2.25. The summed E-state index contributed by atoms with van der Waals surface area (Å²) in [5.41, 5.74) is 2.17. The number of allylic oxidation sites excluding steroid dienone is 2. The molecule has 2 rings (SSSR count). The van der Waals surface area contributed by atoms with Crippen LogP contribution in [0.15, 0.2) is 73.8 Å². The lowest BCUT2D eigenvalue weighted by Crippen LogP contribution is -2.18. The summed E-state index contributed by atoms with van der Waals surface area (Å²) < 4.78 is 0. The van der Waals surface area contributed by atoms with Crippen molar-refractivity contribution in [2.75, 3.05) is 0 Å². The molecule has 0 fully saturated rings. The molecule has 2 aromatic rings. The van der Waals surface area contributed by atoms with Gasteiger partial charge in [-0.3, -0.25) is 0 Å². The van der Waals surface area contributed by atoms with Gasteiger partial charge in [-0.15, -0.1) is 13.2 Å². The highest BCUT2D eigenvalue weighted by Crippen LogP contribution is 2.38. The Hall–Kier alpha value is -2.16. The van der Waals surface area contributed by atoms with Gasteiger partial charge in [0.05, 0.1) is 0 Å². The first-order valence-electron chi connectivity index (χ1n) is 11.0. The Labute approximate surface area is 202 Å². The van der Waals surface area contributed by atoms with Crippen LogP contribution in [0.2, 0.25) is 10.0 Å². The van der Waals surface area contributed by atoms with Crippen molar-refractivity contribution >= 4 is 34.8 Å². The Morgan fingerprint density at radius 2 is 1.03 bits per heavy atom. The molecule has 0 spiro atoms. The van der Waals surface area contributed by atoms with Crippen molar-refractivity contribution in [2.24, 2.45) is 11.8 Å². The van der Waals surface area contributed by atoms with Crippen molar-refractivity contribution in [1.29, 1.82) is 0 Å². The van der Waals surface area contributed by atoms with Crippen molar-refractivity contribution in [1.82, 2.24) is 0 Å². The largest absolute Gasteiger partial charge is 0.300 e. The van der Waals surface area contributed by atoms with Gasteiger partial charge in [-0.2, -0.15) is 0 Å². The summed E-state index contributed by atoms with van der Waals surface area (Å²) in [6, 6.07) is 15.4. The van der Waals surface area contributed by atoms with E-state index in [1.807, 2.05) is 60.7 Å². The molecular formula is C28H32Cl2O2. The molecule has 4 atom stereocenters. The monoisotopic (exact) mass is 470 g/mol. The van der Waals surface area contributed by atoms with Gasteiger partial charge in [-0.1, -0.05) is 59.6 Å². The minimum atomic E-state index is 0.0366. The minimum Gasteiger partial charge on any atom is -0.300 e. The molecule has 0 aromatic heterocycles. The van der Waals surface area contributed by atoms with Crippen molar-refractivity contribution < 1.29 is 9.59 Å². The third kappa shape index (κ3) is 7.76. The van der Waals surface area contributed by atoms with Crippen LogP contribution >= 0.6 is 23.2 Å². The van der Waals surface area contributed by atoms with Gasteiger partial charge in [0, 0.05) is 22.9 Å². The Morgan fingerprint density at radius 3 is 1.28 bits per heavy atom. The molecule has 0 saturated carbocycles. The Kier molecular flexibility index (Phi) is 10.4. The number of hydrogen-bond donors (Lipinski definition) is 0. The maximum absolute atomic E-state index is 12.0. The van der Waals surface area contributed by atoms with E-state index in [2.05, 4.69) is 13.2 Å². The summed E-state index contributed by atoms with van der Waals surface area (Å²) in [5.74, 6) is 0.598. The number of benzene rings is 2. The molecule has 4 heteroatoms. The zero-order valence-corrected chi connectivity index (χ0v) is 20.4. The summed E-state index contributed by atoms with van der Waals surface area (Å²) in [6.45, 7) is 11.4. The van der Waals surface area contributed by atoms with Gasteiger partial charge >= 0.3 is 0 Å². The normalized spacial score (nSPS) is 14.8. The first-order chi connectivity index (χ1) is 15.2. The van der Waals surface area contributed by atoms with E-state index in [9.17, 15) is 9.59 Å². The van der Waals surface area contributed by atoms with Gasteiger partial charge in [0.15, 0.2) is 0 Å². The highest BCUT2D eigenvalue weighted by Gasteiger charge is 2.27. The number of rotatable bonds is 13. The molecule has 0 N–H and O–H groups in total. The van der Waals surface area contributed by atoms with Gasteiger partial charge < -0.3 is 9.59 Å². The number of halogens is 2. The second kappa shape index (κ2) is 12.8. The Bertz CT molecular complexity index is 838. The van der Waals surface area contributed by atoms with Crippen LogP contribution in [0.25, 0.3) is 0 Å². The molecule has 0 radical (unpaired) electrons. The van der Waals surface area contributed by atoms with E-state index in [0.29, 0.717) is 22.9 Å². The molecule has 2 aromatic carbocycles. The predicted molar refractivity (Wildman–Crippen MR) is 136 cm³/mol. The van der Waals surface area contributed by atoms with E-state index in [4.69, 9.17) is 23.2 Å². The smallest absolute Gasteiger partial charge is 0.130 e. The van der Waals surface area contributed by atoms with E-state index in [1.54, 1.807) is 13.8 Å². The van der Waals surface area contributed by atoms with Crippen LogP contribution in [0.4, 0.5) is 0 Å². The van der Waals surface area contributed by atoms with Crippen LogP contribution in [0.1, 0.15) is 62.5 Å². The molecule has 0 aliphatic heterocycles. The van der Waals surface area contributed by atoms with Gasteiger partial charge in [-0.05, 0) is 85.8 Å². The van der Waals surface area contributed by atoms with Crippen LogP contribution in [0.5, 0.6) is 0 Å². The van der Waals surface area contributed by atoms with E-state index >= 15 is 0 Å². The van der Waals surface area contributed by atoms with Crippen molar-refractivity contribution in [2.45, 2.75) is 51.4 Å². The lowest BCUT2D eigenvalue weighted by molar-refractivity contribution is -0.118. The molecule has 0 amide bonds. The van der Waals surface area contributed by atoms with Crippen LogP contribution in [-0.4, -0.2) is 11.6 Å². The first-order valence-corrected chi connectivity index (χ1v) is 11.8. The second-order valence-corrected chi connectivity index (χ2v) is 9.38. The average molecular weight is 471 g/mol. The average Bonchev–Trinajstić information content (AvgIpc) is 2.75. The number of carbonyl (C=O) groups is 2. The maximum atomic E-state index is 12.0. The Morgan fingerprint density at radius 1 is 0.719 bits per heavy atom. The predicted octanol–water partition coefficient (Wildman–Crippen LogP) is 8.20. The van der Waals surface area contributed by atoms with E-state index in [0.717, 1.165) is 24.0 Å². The second-order valence-electron chi connectivity index (χ2n) is 8.50. The summed E-state index contributed by atoms with van der Waals surface area (Å²) in [5, 5.41) is 1.35. The summed E-state index contributed by atoms with van der Waals surface area (Å²) in [6.07, 6.45) is 6.47. The van der Waals surface area contributed by atoms with E-state index in [-0.39, 0.29) is 35.2 Å². The minimum absolute atomic E-state index is 0.0366. The highest BCUT2D eigenvalue weighted by atomic mass is 35.5. The molecule has 0 bridgehead atoms. The SMILES string of the molecule is C=C[C@H](CC[C@H](C=C)[C@@H](CC(C)=O)c1ccc(Cl)cc1)[C@H](CC(C)=O)c1ccc(Cl)cc1. The van der Waals surface area contributed by atoms with Crippen LogP contribution < -0.4 is 0 Å². The fourth-order valence-electron chi connectivity index (χ4n) is 4.42. The first kappa shape index (κ1) is 26.1. The zero-order chi connectivity index (χ0) is 23.7. The highest BCUT2D eigenvalue weighted by molar-refractivity contribution is 6.30. The number of Topliss-reactive ketones (excluding diaryl/α,β-unsaturated/α-hetero) is 2.